The molecule has 1 amide bonds. The van der Waals surface area contributed by atoms with E-state index in [1.54, 1.807) is 0 Å². The van der Waals surface area contributed by atoms with Crippen molar-refractivity contribution in [1.82, 2.24) is 19.9 Å². The van der Waals surface area contributed by atoms with Gasteiger partial charge in [-0.2, -0.15) is 4.98 Å². The van der Waals surface area contributed by atoms with E-state index in [-0.39, 0.29) is 11.8 Å². The molecule has 0 saturated carbocycles. The lowest BCUT2D eigenvalue weighted by molar-refractivity contribution is -0.134. The molecule has 0 bridgehead atoms. The fraction of sp³-hybridized carbons (Fsp3) is 0.769. The highest BCUT2D eigenvalue weighted by molar-refractivity contribution is 5.77. The monoisotopic (exact) mass is 266 g/mol. The van der Waals surface area contributed by atoms with E-state index in [1.165, 1.54) is 0 Å². The number of likely N-dealkylation sites (tertiary alicyclic amines) is 1. The second-order valence-corrected chi connectivity index (χ2v) is 5.28. The molecule has 2 rings (SSSR count). The Balaban J connectivity index is 1.98. The van der Waals surface area contributed by atoms with Crippen molar-refractivity contribution < 1.29 is 9.32 Å². The van der Waals surface area contributed by atoms with Gasteiger partial charge in [-0.25, -0.2) is 0 Å². The van der Waals surface area contributed by atoms with Crippen molar-refractivity contribution in [3.05, 3.63) is 11.7 Å². The number of hydrogen-bond donors (Lipinski definition) is 0. The lowest BCUT2D eigenvalue weighted by Crippen LogP contribution is -2.42. The van der Waals surface area contributed by atoms with Gasteiger partial charge in [-0.1, -0.05) is 12.1 Å². The number of aromatic nitrogens is 2. The van der Waals surface area contributed by atoms with E-state index < -0.39 is 0 Å². The molecule has 1 aliphatic rings. The molecule has 6 nitrogen and oxygen atoms in total. The first kappa shape index (κ1) is 14.0. The van der Waals surface area contributed by atoms with Crippen LogP contribution in [-0.4, -0.2) is 59.6 Å². The molecule has 6 heteroatoms. The predicted molar refractivity (Wildman–Crippen MR) is 70.8 cm³/mol. The fourth-order valence-corrected chi connectivity index (χ4v) is 2.23. The fourth-order valence-electron chi connectivity index (χ4n) is 2.23. The molecule has 0 aliphatic carbocycles. The average molecular weight is 266 g/mol. The van der Waals surface area contributed by atoms with Crippen molar-refractivity contribution in [3.8, 4) is 0 Å². The number of carbonyl (C=O) groups excluding carboxylic acids is 1. The number of rotatable bonds is 5. The molecule has 0 N–H and O–H groups in total. The topological polar surface area (TPSA) is 62.5 Å². The molecule has 19 heavy (non-hydrogen) atoms. The largest absolute Gasteiger partial charge is 0.341 e. The van der Waals surface area contributed by atoms with E-state index >= 15 is 0 Å². The van der Waals surface area contributed by atoms with Crippen LogP contribution in [-0.2, 0) is 11.2 Å². The van der Waals surface area contributed by atoms with E-state index in [0.29, 0.717) is 18.9 Å². The van der Waals surface area contributed by atoms with E-state index in [9.17, 15) is 4.79 Å². The molecule has 2 heterocycles. The zero-order valence-corrected chi connectivity index (χ0v) is 11.9. The van der Waals surface area contributed by atoms with Crippen LogP contribution in [0, 0.1) is 0 Å². The Labute approximate surface area is 113 Å². The first-order chi connectivity index (χ1) is 9.10. The van der Waals surface area contributed by atoms with Crippen molar-refractivity contribution >= 4 is 5.91 Å². The third-order valence-electron chi connectivity index (χ3n) is 3.47. The summed E-state index contributed by atoms with van der Waals surface area (Å²) in [7, 11) is 4.02. The Morgan fingerprint density at radius 3 is 2.89 bits per heavy atom. The second kappa shape index (κ2) is 6.14. The van der Waals surface area contributed by atoms with E-state index in [0.717, 1.165) is 31.8 Å². The highest BCUT2D eigenvalue weighted by atomic mass is 16.5. The molecule has 1 fully saturated rings. The molecule has 1 aromatic heterocycles. The van der Waals surface area contributed by atoms with Crippen LogP contribution < -0.4 is 0 Å². The Morgan fingerprint density at radius 2 is 2.26 bits per heavy atom. The maximum absolute atomic E-state index is 11.9. The van der Waals surface area contributed by atoms with Crippen LogP contribution in [0.4, 0.5) is 0 Å². The number of hydrogen-bond acceptors (Lipinski definition) is 5. The number of piperidine rings is 1. The normalized spacial score (nSPS) is 20.3. The van der Waals surface area contributed by atoms with Gasteiger partial charge >= 0.3 is 0 Å². The molecule has 0 radical (unpaired) electrons. The highest BCUT2D eigenvalue weighted by Crippen LogP contribution is 2.26. The number of aryl methyl sites for hydroxylation is 1. The zero-order valence-electron chi connectivity index (χ0n) is 11.9. The summed E-state index contributed by atoms with van der Waals surface area (Å²) in [6.07, 6.45) is 2.16. The second-order valence-electron chi connectivity index (χ2n) is 5.28. The molecule has 1 aliphatic heterocycles. The Kier molecular flexibility index (Phi) is 4.52. The lowest BCUT2D eigenvalue weighted by Gasteiger charge is -2.31. The van der Waals surface area contributed by atoms with Crippen LogP contribution in [0.1, 0.15) is 37.4 Å². The number of nitrogens with zero attached hydrogens (tertiary/aromatic N) is 4. The van der Waals surface area contributed by atoms with Crippen LogP contribution in [0.3, 0.4) is 0 Å². The first-order valence-electron chi connectivity index (χ1n) is 6.85. The highest BCUT2D eigenvalue weighted by Gasteiger charge is 2.29. The molecule has 0 aromatic carbocycles. The van der Waals surface area contributed by atoms with Gasteiger partial charge in [0.15, 0.2) is 5.82 Å². The summed E-state index contributed by atoms with van der Waals surface area (Å²) in [6.45, 7) is 4.33. The van der Waals surface area contributed by atoms with Gasteiger partial charge in [-0.05, 0) is 20.5 Å². The van der Waals surface area contributed by atoms with Gasteiger partial charge in [-0.3, -0.25) is 4.79 Å². The minimum absolute atomic E-state index is 0.188. The summed E-state index contributed by atoms with van der Waals surface area (Å²) in [4.78, 5) is 20.3. The summed E-state index contributed by atoms with van der Waals surface area (Å²) in [5.74, 6) is 1.84. The number of amides is 1. The number of likely N-dealkylation sites (N-methyl/N-ethyl adjacent to an activating group) is 1. The molecular weight excluding hydrogens is 244 g/mol. The van der Waals surface area contributed by atoms with Crippen molar-refractivity contribution in [2.75, 3.05) is 33.7 Å². The molecule has 0 spiro atoms. The van der Waals surface area contributed by atoms with Gasteiger partial charge in [0, 0.05) is 32.5 Å². The van der Waals surface area contributed by atoms with Crippen LogP contribution in [0.2, 0.25) is 0 Å². The maximum Gasteiger partial charge on any atom is 0.231 e. The third kappa shape index (κ3) is 3.53. The maximum atomic E-state index is 11.9. The summed E-state index contributed by atoms with van der Waals surface area (Å²) in [6, 6.07) is 0. The van der Waals surface area contributed by atoms with E-state index in [4.69, 9.17) is 4.52 Å². The molecule has 1 aromatic rings. The smallest absolute Gasteiger partial charge is 0.231 e. The minimum Gasteiger partial charge on any atom is -0.341 e. The Morgan fingerprint density at radius 1 is 1.47 bits per heavy atom. The molecular formula is C13H22N4O2. The van der Waals surface area contributed by atoms with Crippen LogP contribution in [0.25, 0.3) is 0 Å². The van der Waals surface area contributed by atoms with Crippen LogP contribution in [0.15, 0.2) is 4.52 Å². The van der Waals surface area contributed by atoms with Crippen LogP contribution in [0.5, 0.6) is 0 Å². The van der Waals surface area contributed by atoms with Gasteiger partial charge in [-0.15, -0.1) is 0 Å². The minimum atomic E-state index is 0.188. The quantitative estimate of drug-likeness (QED) is 0.792. The molecule has 106 valence electrons. The molecule has 0 unspecified atom stereocenters. The van der Waals surface area contributed by atoms with E-state index in [2.05, 4.69) is 15.0 Å². The standard InChI is InChI=1S/C13H22N4O2/c1-4-11-14-13(19-15-11)10-5-6-12(18)17(9-10)8-7-16(2)3/h10H,4-9H2,1-3H3/t10-/m1/s1. The Bertz CT molecular complexity index is 430. The van der Waals surface area contributed by atoms with Gasteiger partial charge in [0.2, 0.25) is 11.8 Å². The first-order valence-corrected chi connectivity index (χ1v) is 6.85. The van der Waals surface area contributed by atoms with Crippen molar-refractivity contribution in [2.24, 2.45) is 0 Å². The van der Waals surface area contributed by atoms with Crippen molar-refractivity contribution in [2.45, 2.75) is 32.1 Å². The van der Waals surface area contributed by atoms with Gasteiger partial charge in [0.05, 0.1) is 5.92 Å². The summed E-state index contributed by atoms with van der Waals surface area (Å²) >= 11 is 0. The van der Waals surface area contributed by atoms with Crippen molar-refractivity contribution in [3.63, 3.8) is 0 Å². The lowest BCUT2D eigenvalue weighted by atomic mass is 9.97. The Hall–Kier alpha value is -1.43. The third-order valence-corrected chi connectivity index (χ3v) is 3.47. The predicted octanol–water partition coefficient (Wildman–Crippen LogP) is 0.900. The van der Waals surface area contributed by atoms with Gasteiger partial charge in [0.1, 0.15) is 0 Å². The van der Waals surface area contributed by atoms with Crippen molar-refractivity contribution in [1.29, 1.82) is 0 Å². The van der Waals surface area contributed by atoms with Gasteiger partial charge in [0.25, 0.3) is 0 Å². The van der Waals surface area contributed by atoms with E-state index in [1.807, 2.05) is 25.9 Å². The summed E-state index contributed by atoms with van der Waals surface area (Å²) < 4.78 is 5.29. The number of carbonyl (C=O) groups is 1. The average Bonchev–Trinajstić information content (AvgIpc) is 2.86. The summed E-state index contributed by atoms with van der Waals surface area (Å²) in [5.41, 5.74) is 0. The summed E-state index contributed by atoms with van der Waals surface area (Å²) in [5, 5.41) is 3.93. The SMILES string of the molecule is CCc1noc([C@@H]2CCC(=O)N(CCN(C)C)C2)n1. The zero-order chi connectivity index (χ0) is 13.8. The molecule has 1 saturated heterocycles. The molecule has 1 atom stereocenters. The van der Waals surface area contributed by atoms with Gasteiger partial charge < -0.3 is 14.3 Å². The van der Waals surface area contributed by atoms with Crippen LogP contribution >= 0.6 is 0 Å².